The highest BCUT2D eigenvalue weighted by molar-refractivity contribution is 7.85. The van der Waals surface area contributed by atoms with E-state index >= 15 is 0 Å². The van der Waals surface area contributed by atoms with Crippen LogP contribution in [0.15, 0.2) is 54.7 Å². The summed E-state index contributed by atoms with van der Waals surface area (Å²) in [6.45, 7) is 2.01. The van der Waals surface area contributed by atoms with E-state index in [1.807, 2.05) is 31.3 Å². The number of hydrogen-bond acceptors (Lipinski definition) is 4. The number of fused-ring (bicyclic) bond motifs is 1. The van der Waals surface area contributed by atoms with E-state index in [0.29, 0.717) is 23.1 Å². The van der Waals surface area contributed by atoms with Crippen LogP contribution < -0.4 is 5.32 Å². The molecule has 0 aliphatic heterocycles. The fraction of sp³-hybridized carbons (Fsp3) is 0.360. The molecule has 1 aliphatic carbocycles. The number of hydrogen-bond donors (Lipinski definition) is 2. The van der Waals surface area contributed by atoms with Crippen molar-refractivity contribution >= 4 is 44.2 Å². The number of pyridine rings is 1. The van der Waals surface area contributed by atoms with Gasteiger partial charge in [0.05, 0.1) is 11.8 Å². The van der Waals surface area contributed by atoms with Gasteiger partial charge in [0, 0.05) is 28.2 Å². The first-order chi connectivity index (χ1) is 16.0. The molecule has 1 amide bonds. The Balaban J connectivity index is 0.000000588. The monoisotopic (exact) mass is 506 g/mol. The smallest absolute Gasteiger partial charge is 0.261 e. The number of aromatic nitrogens is 1. The molecule has 2 N–H and O–H groups in total. The van der Waals surface area contributed by atoms with Crippen LogP contribution in [0.2, 0.25) is 5.02 Å². The summed E-state index contributed by atoms with van der Waals surface area (Å²) in [7, 11) is -3.67. The predicted molar refractivity (Wildman–Crippen MR) is 133 cm³/mol. The summed E-state index contributed by atoms with van der Waals surface area (Å²) in [6, 6.07) is 14.0. The lowest BCUT2D eigenvalue weighted by atomic mass is 9.73. The summed E-state index contributed by atoms with van der Waals surface area (Å²) in [6.07, 6.45) is 6.49. The molecule has 1 aliphatic rings. The zero-order valence-corrected chi connectivity index (χ0v) is 20.6. The number of halogens is 2. The minimum Gasteiger partial charge on any atom is -0.326 e. The fourth-order valence-corrected chi connectivity index (χ4v) is 4.56. The quantitative estimate of drug-likeness (QED) is 0.418. The van der Waals surface area contributed by atoms with Gasteiger partial charge < -0.3 is 5.32 Å². The Kier molecular flexibility index (Phi) is 8.62. The van der Waals surface area contributed by atoms with E-state index in [2.05, 4.69) is 10.3 Å². The number of benzene rings is 2. The van der Waals surface area contributed by atoms with Gasteiger partial charge >= 0.3 is 0 Å². The number of amides is 1. The van der Waals surface area contributed by atoms with Gasteiger partial charge in [-0.05, 0) is 91.6 Å². The molecule has 6 nitrogen and oxygen atoms in total. The maximum atomic E-state index is 13.8. The topological polar surface area (TPSA) is 96.4 Å². The van der Waals surface area contributed by atoms with Crippen LogP contribution in [-0.2, 0) is 14.9 Å². The zero-order valence-electron chi connectivity index (χ0n) is 19.0. The lowest BCUT2D eigenvalue weighted by molar-refractivity contribution is -0.121. The summed E-state index contributed by atoms with van der Waals surface area (Å²) in [5.41, 5.74) is 2.78. The number of nitrogens with zero attached hydrogens (tertiary/aromatic N) is 1. The Hall–Kier alpha value is -2.55. The second-order valence-electron chi connectivity index (χ2n) is 8.69. The van der Waals surface area contributed by atoms with Crippen molar-refractivity contribution in [3.8, 4) is 0 Å². The van der Waals surface area contributed by atoms with Crippen LogP contribution in [0.25, 0.3) is 10.9 Å². The van der Waals surface area contributed by atoms with Crippen molar-refractivity contribution in [2.24, 2.45) is 11.8 Å². The first-order valence-corrected chi connectivity index (χ1v) is 13.3. The Bertz CT molecular complexity index is 1240. The summed E-state index contributed by atoms with van der Waals surface area (Å²) in [5.74, 6) is 0.492. The molecule has 1 aromatic heterocycles. The van der Waals surface area contributed by atoms with Gasteiger partial charge in [-0.1, -0.05) is 18.5 Å². The zero-order chi connectivity index (χ0) is 24.9. The van der Waals surface area contributed by atoms with E-state index < -0.39 is 10.1 Å². The average Bonchev–Trinajstić information content (AvgIpc) is 2.78. The number of carbonyl (C=O) groups excluding carboxylic acids is 1. The van der Waals surface area contributed by atoms with Crippen molar-refractivity contribution < 1.29 is 22.2 Å². The summed E-state index contributed by atoms with van der Waals surface area (Å²) < 4.78 is 39.6. The normalized spacial score (nSPS) is 19.1. The molecule has 3 aromatic rings. The molecule has 1 atom stereocenters. The second-order valence-corrected chi connectivity index (χ2v) is 10.6. The predicted octanol–water partition coefficient (Wildman–Crippen LogP) is 6.08. The van der Waals surface area contributed by atoms with Crippen molar-refractivity contribution in [1.29, 1.82) is 0 Å². The van der Waals surface area contributed by atoms with Gasteiger partial charge in [-0.15, -0.1) is 0 Å². The Morgan fingerprint density at radius 2 is 1.74 bits per heavy atom. The lowest BCUT2D eigenvalue weighted by Gasteiger charge is -2.32. The molecule has 4 rings (SSSR count). The minimum absolute atomic E-state index is 0.0483. The molecule has 182 valence electrons. The molecular weight excluding hydrogens is 479 g/mol. The number of anilines is 1. The highest BCUT2D eigenvalue weighted by Gasteiger charge is 2.30. The molecule has 1 heterocycles. The molecule has 1 unspecified atom stereocenters. The van der Waals surface area contributed by atoms with E-state index in [-0.39, 0.29) is 17.6 Å². The molecule has 0 radical (unpaired) electrons. The SMILES string of the molecule is CC(C(=O)Nc1ccc(Cl)cc1)[C@H]1CC[C@@H](c2ccnc3ccc(F)cc32)CC1.CS(=O)(=O)O. The number of nitrogens with one attached hydrogen (secondary N) is 1. The van der Waals surface area contributed by atoms with Gasteiger partial charge in [0.25, 0.3) is 10.1 Å². The maximum Gasteiger partial charge on any atom is 0.261 e. The third-order valence-corrected chi connectivity index (χ3v) is 6.43. The van der Waals surface area contributed by atoms with E-state index in [4.69, 9.17) is 16.2 Å². The van der Waals surface area contributed by atoms with Gasteiger partial charge in [-0.25, -0.2) is 4.39 Å². The Morgan fingerprint density at radius 1 is 1.12 bits per heavy atom. The van der Waals surface area contributed by atoms with Gasteiger partial charge in [0.15, 0.2) is 0 Å². The van der Waals surface area contributed by atoms with Crippen LogP contribution in [0.3, 0.4) is 0 Å². The van der Waals surface area contributed by atoms with Gasteiger partial charge in [0.2, 0.25) is 5.91 Å². The molecular formula is C25H28ClFN2O4S. The molecule has 1 saturated carbocycles. The summed E-state index contributed by atoms with van der Waals surface area (Å²) >= 11 is 5.90. The number of rotatable bonds is 4. The highest BCUT2D eigenvalue weighted by Crippen LogP contribution is 2.41. The van der Waals surface area contributed by atoms with Crippen molar-refractivity contribution in [2.45, 2.75) is 38.5 Å². The van der Waals surface area contributed by atoms with Crippen molar-refractivity contribution in [1.82, 2.24) is 4.98 Å². The summed E-state index contributed by atoms with van der Waals surface area (Å²) in [4.78, 5) is 17.0. The molecule has 2 aromatic carbocycles. The third kappa shape index (κ3) is 7.48. The van der Waals surface area contributed by atoms with Crippen LogP contribution in [-0.4, -0.2) is 30.1 Å². The van der Waals surface area contributed by atoms with E-state index in [1.165, 1.54) is 11.6 Å². The molecule has 0 spiro atoms. The Labute approximate surface area is 204 Å². The molecule has 1 fully saturated rings. The van der Waals surface area contributed by atoms with Crippen LogP contribution in [0.1, 0.15) is 44.1 Å². The number of carbonyl (C=O) groups is 1. The molecule has 0 bridgehead atoms. The van der Waals surface area contributed by atoms with E-state index in [9.17, 15) is 17.6 Å². The average molecular weight is 507 g/mol. The first kappa shape index (κ1) is 26.1. The Morgan fingerprint density at radius 3 is 2.35 bits per heavy atom. The van der Waals surface area contributed by atoms with Crippen molar-refractivity contribution in [3.63, 3.8) is 0 Å². The van der Waals surface area contributed by atoms with Gasteiger partial charge in [-0.2, -0.15) is 8.42 Å². The molecule has 0 saturated heterocycles. The maximum absolute atomic E-state index is 13.8. The minimum atomic E-state index is -3.67. The van der Waals surface area contributed by atoms with Crippen LogP contribution in [0.4, 0.5) is 10.1 Å². The third-order valence-electron chi connectivity index (χ3n) is 6.18. The lowest BCUT2D eigenvalue weighted by Crippen LogP contribution is -2.29. The van der Waals surface area contributed by atoms with Crippen LogP contribution in [0.5, 0.6) is 0 Å². The van der Waals surface area contributed by atoms with E-state index in [1.54, 1.807) is 24.3 Å². The molecule has 9 heteroatoms. The van der Waals surface area contributed by atoms with Crippen molar-refractivity contribution in [3.05, 3.63) is 71.1 Å². The van der Waals surface area contributed by atoms with Gasteiger partial charge in [-0.3, -0.25) is 14.3 Å². The van der Waals surface area contributed by atoms with Crippen LogP contribution in [0, 0.1) is 17.7 Å². The molecule has 34 heavy (non-hydrogen) atoms. The van der Waals surface area contributed by atoms with E-state index in [0.717, 1.165) is 42.3 Å². The standard InChI is InChI=1S/C24H24ClFN2O.CH4O3S/c1-15(24(29)28-20-9-6-18(25)7-10-20)16-2-4-17(5-3-16)21-12-13-27-23-11-8-19(26)14-22(21)23;1-5(2,3)4/h6-17H,2-5H2,1H3,(H,28,29);1H3,(H,2,3,4)/t15?,16-,17+;. The second kappa shape index (κ2) is 11.3. The largest absolute Gasteiger partial charge is 0.326 e. The summed E-state index contributed by atoms with van der Waals surface area (Å²) in [5, 5.41) is 4.55. The van der Waals surface area contributed by atoms with Crippen molar-refractivity contribution in [2.75, 3.05) is 11.6 Å². The fourth-order valence-electron chi connectivity index (χ4n) is 4.43. The first-order valence-electron chi connectivity index (χ1n) is 11.0. The van der Waals surface area contributed by atoms with Gasteiger partial charge in [0.1, 0.15) is 5.82 Å². The highest BCUT2D eigenvalue weighted by atomic mass is 35.5. The van der Waals surface area contributed by atoms with Crippen LogP contribution >= 0.6 is 11.6 Å².